The van der Waals surface area contributed by atoms with E-state index in [-0.39, 0.29) is 45.6 Å². The fourth-order valence-corrected chi connectivity index (χ4v) is 9.23. The highest BCUT2D eigenvalue weighted by Gasteiger charge is 2.64. The van der Waals surface area contributed by atoms with E-state index in [0.717, 1.165) is 51.4 Å². The molecule has 4 rings (SSSR count). The molecular weight excluding hydrogens is 424 g/mol. The third kappa shape index (κ3) is 3.57. The van der Waals surface area contributed by atoms with Crippen molar-refractivity contribution in [1.29, 1.82) is 0 Å². The number of carbonyl (C=O) groups excluding carboxylic acids is 2. The predicted octanol–water partition coefficient (Wildman–Crippen LogP) is 6.56. The first-order valence-electron chi connectivity index (χ1n) is 13.5. The molecule has 1 unspecified atom stereocenters. The Morgan fingerprint density at radius 1 is 1.09 bits per heavy atom. The van der Waals surface area contributed by atoms with Gasteiger partial charge in [-0.2, -0.15) is 0 Å². The first-order valence-corrected chi connectivity index (χ1v) is 13.5. The summed E-state index contributed by atoms with van der Waals surface area (Å²) in [5.41, 5.74) is 4.22. The van der Waals surface area contributed by atoms with E-state index in [9.17, 15) is 14.7 Å². The van der Waals surface area contributed by atoms with E-state index in [0.29, 0.717) is 30.8 Å². The van der Waals surface area contributed by atoms with Crippen molar-refractivity contribution in [3.05, 3.63) is 23.3 Å². The summed E-state index contributed by atoms with van der Waals surface area (Å²) in [4.78, 5) is 23.7. The summed E-state index contributed by atoms with van der Waals surface area (Å²) in [7, 11) is 0. The van der Waals surface area contributed by atoms with Gasteiger partial charge in [0.05, 0.1) is 6.10 Å². The van der Waals surface area contributed by atoms with Crippen LogP contribution in [0.2, 0.25) is 0 Å². The number of carbonyl (C=O) groups is 2. The zero-order valence-electron chi connectivity index (χ0n) is 22.3. The Balaban J connectivity index is 1.66. The summed E-state index contributed by atoms with van der Waals surface area (Å²) in [5.74, 6) is 0.851. The van der Waals surface area contributed by atoms with Crippen molar-refractivity contribution in [2.24, 2.45) is 33.5 Å². The minimum absolute atomic E-state index is 0.0515. The molecule has 0 aliphatic heterocycles. The van der Waals surface area contributed by atoms with Crippen LogP contribution in [0.25, 0.3) is 0 Å². The van der Waals surface area contributed by atoms with Gasteiger partial charge in [-0.25, -0.2) is 0 Å². The standard InChI is InChI=1S/C30H46O4/c1-19(2)23(32)9-10-24(34-18-31)22-13-17-29(6)21-8-11-25-27(3,4)26(33)14-15-28(25,5)20(21)12-16-30(22,29)7/h18,22,24-26,33H,1,8-17H2,2-7H3/t22-,24-,25?,26+,28-,29+,30-/m1/s1. The van der Waals surface area contributed by atoms with Gasteiger partial charge in [-0.05, 0) is 97.9 Å². The van der Waals surface area contributed by atoms with Gasteiger partial charge in [-0.3, -0.25) is 9.59 Å². The molecule has 0 bridgehead atoms. The average Bonchev–Trinajstić information content (AvgIpc) is 3.05. The minimum atomic E-state index is -0.217. The number of hydrogen-bond donors (Lipinski definition) is 1. The summed E-state index contributed by atoms with van der Waals surface area (Å²) in [5, 5.41) is 10.8. The maximum atomic E-state index is 12.3. The molecule has 0 amide bonds. The van der Waals surface area contributed by atoms with E-state index >= 15 is 0 Å². The van der Waals surface area contributed by atoms with Crippen LogP contribution in [0, 0.1) is 33.5 Å². The molecule has 4 aliphatic rings. The van der Waals surface area contributed by atoms with Crippen LogP contribution in [0.3, 0.4) is 0 Å². The van der Waals surface area contributed by atoms with Crippen molar-refractivity contribution in [1.82, 2.24) is 0 Å². The minimum Gasteiger partial charge on any atom is -0.464 e. The Morgan fingerprint density at radius 2 is 1.79 bits per heavy atom. The van der Waals surface area contributed by atoms with E-state index < -0.39 is 0 Å². The van der Waals surface area contributed by atoms with Crippen molar-refractivity contribution in [2.45, 2.75) is 118 Å². The van der Waals surface area contributed by atoms with E-state index in [4.69, 9.17) is 4.74 Å². The Hall–Kier alpha value is -1.42. The maximum Gasteiger partial charge on any atom is 0.293 e. The molecule has 1 N–H and O–H groups in total. The van der Waals surface area contributed by atoms with Crippen LogP contribution < -0.4 is 0 Å². The molecule has 0 heterocycles. The van der Waals surface area contributed by atoms with E-state index in [2.05, 4.69) is 41.2 Å². The summed E-state index contributed by atoms with van der Waals surface area (Å²) in [6.45, 7) is 18.1. The fourth-order valence-electron chi connectivity index (χ4n) is 9.23. The fraction of sp³-hybridized carbons (Fsp3) is 0.800. The molecule has 2 fully saturated rings. The van der Waals surface area contributed by atoms with Gasteiger partial charge in [0.25, 0.3) is 6.47 Å². The van der Waals surface area contributed by atoms with E-state index in [1.165, 1.54) is 0 Å². The Labute approximate surface area is 206 Å². The van der Waals surface area contributed by atoms with Gasteiger partial charge in [0.2, 0.25) is 0 Å². The quantitative estimate of drug-likeness (QED) is 0.260. The van der Waals surface area contributed by atoms with Crippen LogP contribution >= 0.6 is 0 Å². The van der Waals surface area contributed by atoms with Crippen LogP contribution in [0.5, 0.6) is 0 Å². The number of aliphatic hydroxyl groups excluding tert-OH is 1. The lowest BCUT2D eigenvalue weighted by molar-refractivity contribution is -0.141. The number of hydrogen-bond acceptors (Lipinski definition) is 4. The second-order valence-electron chi connectivity index (χ2n) is 13.2. The number of ketones is 1. The molecule has 0 aromatic rings. The predicted molar refractivity (Wildman–Crippen MR) is 135 cm³/mol. The van der Waals surface area contributed by atoms with E-state index in [1.807, 2.05) is 0 Å². The molecule has 7 atom stereocenters. The maximum absolute atomic E-state index is 12.3. The van der Waals surface area contributed by atoms with Crippen LogP contribution in [-0.4, -0.2) is 29.6 Å². The van der Waals surface area contributed by atoms with Crippen molar-refractivity contribution in [3.63, 3.8) is 0 Å². The average molecular weight is 471 g/mol. The lowest BCUT2D eigenvalue weighted by Crippen LogP contribution is -2.55. The number of fused-ring (bicyclic) bond motifs is 4. The number of allylic oxidation sites excluding steroid dienone is 3. The van der Waals surface area contributed by atoms with Crippen molar-refractivity contribution in [2.75, 3.05) is 0 Å². The monoisotopic (exact) mass is 470 g/mol. The summed E-state index contributed by atoms with van der Waals surface area (Å²) < 4.78 is 5.69. The number of aliphatic hydroxyl groups is 1. The van der Waals surface area contributed by atoms with Gasteiger partial charge >= 0.3 is 0 Å². The topological polar surface area (TPSA) is 63.6 Å². The molecule has 0 radical (unpaired) electrons. The normalized spacial score (nSPS) is 41.7. The van der Waals surface area contributed by atoms with Gasteiger partial charge in [0, 0.05) is 12.3 Å². The zero-order valence-corrected chi connectivity index (χ0v) is 22.3. The Kier molecular flexibility index (Phi) is 6.50. The first-order chi connectivity index (χ1) is 15.8. The Bertz CT molecular complexity index is 899. The molecule has 0 aromatic heterocycles. The van der Waals surface area contributed by atoms with Crippen molar-refractivity contribution < 1.29 is 19.4 Å². The molecule has 0 spiro atoms. The second-order valence-corrected chi connectivity index (χ2v) is 13.2. The lowest BCUT2D eigenvalue weighted by atomic mass is 9.43. The highest BCUT2D eigenvalue weighted by atomic mass is 16.5. The highest BCUT2D eigenvalue weighted by molar-refractivity contribution is 5.94. The van der Waals surface area contributed by atoms with Crippen LogP contribution in [0.15, 0.2) is 23.3 Å². The molecular formula is C30H46O4. The summed E-state index contributed by atoms with van der Waals surface area (Å²) >= 11 is 0. The van der Waals surface area contributed by atoms with Crippen LogP contribution in [-0.2, 0) is 14.3 Å². The van der Waals surface area contributed by atoms with Gasteiger partial charge < -0.3 is 9.84 Å². The summed E-state index contributed by atoms with van der Waals surface area (Å²) in [6, 6.07) is 0. The van der Waals surface area contributed by atoms with Gasteiger partial charge in [-0.1, -0.05) is 52.3 Å². The SMILES string of the molecule is C=C(C)C(=O)CC[C@@H](OC=O)[C@H]1CC[C@@]2(C)C3=C(CC[C@]12C)[C@@]1(C)CC[C@H](O)C(C)(C)C1CC3. The molecule has 0 aromatic carbocycles. The van der Waals surface area contributed by atoms with Crippen molar-refractivity contribution in [3.8, 4) is 0 Å². The Morgan fingerprint density at radius 3 is 2.44 bits per heavy atom. The molecule has 4 heteroatoms. The van der Waals surface area contributed by atoms with Gasteiger partial charge in [-0.15, -0.1) is 0 Å². The van der Waals surface area contributed by atoms with Gasteiger partial charge in [0.1, 0.15) is 6.10 Å². The lowest BCUT2D eigenvalue weighted by Gasteiger charge is -2.62. The van der Waals surface area contributed by atoms with Crippen molar-refractivity contribution >= 4 is 12.3 Å². The first kappa shape index (κ1) is 25.7. The largest absolute Gasteiger partial charge is 0.464 e. The molecule has 2 saturated carbocycles. The number of rotatable bonds is 7. The van der Waals surface area contributed by atoms with Crippen LogP contribution in [0.1, 0.15) is 106 Å². The number of Topliss-reactive ketones (excluding diaryl/α,β-unsaturated/α-hetero) is 1. The smallest absolute Gasteiger partial charge is 0.293 e. The molecule has 190 valence electrons. The van der Waals surface area contributed by atoms with Gasteiger partial charge in [0.15, 0.2) is 5.78 Å². The zero-order chi connectivity index (χ0) is 25.1. The molecule has 0 saturated heterocycles. The molecule has 4 aliphatic carbocycles. The molecule has 34 heavy (non-hydrogen) atoms. The summed E-state index contributed by atoms with van der Waals surface area (Å²) in [6.07, 6.45) is 9.15. The number of ether oxygens (including phenoxy) is 1. The second kappa shape index (κ2) is 8.61. The highest BCUT2D eigenvalue weighted by Crippen LogP contribution is 2.72. The van der Waals surface area contributed by atoms with Crippen LogP contribution in [0.4, 0.5) is 0 Å². The van der Waals surface area contributed by atoms with E-state index in [1.54, 1.807) is 18.1 Å². The third-order valence-corrected chi connectivity index (χ3v) is 11.6. The third-order valence-electron chi connectivity index (χ3n) is 11.6. The molecule has 4 nitrogen and oxygen atoms in total.